The van der Waals surface area contributed by atoms with E-state index in [1.165, 1.54) is 22.6 Å². The number of carbonyl (C=O) groups is 2. The van der Waals surface area contributed by atoms with Gasteiger partial charge in [0.2, 0.25) is 0 Å². The average molecular weight is 442 g/mol. The maximum Gasteiger partial charge on any atom is 0.282 e. The fourth-order valence-electron chi connectivity index (χ4n) is 4.51. The van der Waals surface area contributed by atoms with Crippen molar-refractivity contribution in [2.45, 2.75) is 13.0 Å². The van der Waals surface area contributed by atoms with Gasteiger partial charge >= 0.3 is 0 Å². The summed E-state index contributed by atoms with van der Waals surface area (Å²) in [6.45, 7) is 1.17. The van der Waals surface area contributed by atoms with Gasteiger partial charge in [0.15, 0.2) is 0 Å². The molecule has 5 rings (SSSR count). The quantitative estimate of drug-likeness (QED) is 0.569. The van der Waals surface area contributed by atoms with Crippen LogP contribution in [0.5, 0.6) is 0 Å². The van der Waals surface area contributed by atoms with Crippen LogP contribution in [0.2, 0.25) is 0 Å². The number of imide groups is 1. The summed E-state index contributed by atoms with van der Waals surface area (Å²) in [5.41, 5.74) is 5.11. The van der Waals surface area contributed by atoms with Crippen LogP contribution < -0.4 is 9.80 Å². The number of fused-ring (bicyclic) bond motifs is 1. The molecule has 0 spiro atoms. The number of anilines is 2. The monoisotopic (exact) mass is 441 g/mol. The van der Waals surface area contributed by atoms with Crippen LogP contribution in [0.3, 0.4) is 0 Å². The molecule has 0 unspecified atom stereocenters. The van der Waals surface area contributed by atoms with Gasteiger partial charge < -0.3 is 9.80 Å². The van der Waals surface area contributed by atoms with E-state index in [1.807, 2.05) is 48.2 Å². The minimum absolute atomic E-state index is 0.316. The van der Waals surface area contributed by atoms with Crippen LogP contribution in [0, 0.1) is 5.82 Å². The van der Waals surface area contributed by atoms with E-state index in [-0.39, 0.29) is 11.7 Å². The zero-order chi connectivity index (χ0) is 23.1. The maximum absolute atomic E-state index is 13.7. The summed E-state index contributed by atoms with van der Waals surface area (Å²) in [6.07, 6.45) is 0.787. The molecule has 0 bridgehead atoms. The number of nitrogens with zero attached hydrogens (tertiary/aromatic N) is 3. The number of hydrogen-bond donors (Lipinski definition) is 0. The van der Waals surface area contributed by atoms with Gasteiger partial charge in [-0.05, 0) is 59.5 Å². The Bertz CT molecular complexity index is 1260. The molecule has 3 aromatic carbocycles. The molecule has 2 amide bonds. The third-order valence-electron chi connectivity index (χ3n) is 6.26. The first-order valence-electron chi connectivity index (χ1n) is 10.9. The molecule has 0 fully saturated rings. The molecular formula is C27H24FN3O2. The second-order valence-electron chi connectivity index (χ2n) is 8.53. The van der Waals surface area contributed by atoms with Crippen LogP contribution in [0.15, 0.2) is 78.5 Å². The van der Waals surface area contributed by atoms with Crippen molar-refractivity contribution in [3.8, 4) is 0 Å². The third kappa shape index (κ3) is 3.67. The molecule has 2 heterocycles. The zero-order valence-electron chi connectivity index (χ0n) is 18.6. The van der Waals surface area contributed by atoms with Gasteiger partial charge in [0, 0.05) is 32.9 Å². The Morgan fingerprint density at radius 2 is 1.48 bits per heavy atom. The second-order valence-corrected chi connectivity index (χ2v) is 8.53. The van der Waals surface area contributed by atoms with Crippen molar-refractivity contribution in [3.05, 3.63) is 101 Å². The number of benzene rings is 3. The number of rotatable bonds is 4. The molecule has 0 N–H and O–H groups in total. The zero-order valence-corrected chi connectivity index (χ0v) is 18.6. The number of halogens is 1. The molecule has 5 nitrogen and oxygen atoms in total. The lowest BCUT2D eigenvalue weighted by Gasteiger charge is -2.31. The fraction of sp³-hybridized carbons (Fsp3) is 0.185. The normalized spacial score (nSPS) is 15.8. The highest BCUT2D eigenvalue weighted by atomic mass is 19.1. The first-order chi connectivity index (χ1) is 15.9. The Morgan fingerprint density at radius 1 is 0.818 bits per heavy atom. The molecular weight excluding hydrogens is 417 g/mol. The van der Waals surface area contributed by atoms with Gasteiger partial charge in [-0.15, -0.1) is 0 Å². The average Bonchev–Trinajstić information content (AvgIpc) is 3.09. The first-order valence-corrected chi connectivity index (χ1v) is 10.9. The number of carbonyl (C=O) groups excluding carboxylic acids is 2. The van der Waals surface area contributed by atoms with E-state index in [1.54, 1.807) is 24.3 Å². The molecule has 166 valence electrons. The lowest BCUT2D eigenvalue weighted by atomic mass is 9.98. The molecule has 2 aliphatic rings. The number of hydrogen-bond acceptors (Lipinski definition) is 4. The SMILES string of the molecule is CN(C)c1ccc(N2C(=O)C(c3ccc(F)cc3)=C(N3CCc4ccccc4C3)C2=O)cc1. The molecule has 33 heavy (non-hydrogen) atoms. The minimum atomic E-state index is -0.391. The molecule has 0 aliphatic carbocycles. The van der Waals surface area contributed by atoms with Crippen molar-refractivity contribution >= 4 is 28.8 Å². The lowest BCUT2D eigenvalue weighted by Crippen LogP contribution is -2.37. The molecule has 3 aromatic rings. The van der Waals surface area contributed by atoms with E-state index in [2.05, 4.69) is 12.1 Å². The van der Waals surface area contributed by atoms with Crippen LogP contribution in [0.25, 0.3) is 5.57 Å². The molecule has 0 atom stereocenters. The van der Waals surface area contributed by atoms with Gasteiger partial charge in [-0.1, -0.05) is 36.4 Å². The predicted octanol–water partition coefficient (Wildman–Crippen LogP) is 4.23. The Kier molecular flexibility index (Phi) is 5.21. The smallest absolute Gasteiger partial charge is 0.282 e. The highest BCUT2D eigenvalue weighted by Gasteiger charge is 2.43. The van der Waals surface area contributed by atoms with Crippen molar-refractivity contribution < 1.29 is 14.0 Å². The molecule has 0 saturated heterocycles. The van der Waals surface area contributed by atoms with Gasteiger partial charge in [0.25, 0.3) is 11.8 Å². The van der Waals surface area contributed by atoms with Gasteiger partial charge in [0.05, 0.1) is 11.3 Å². The Hall–Kier alpha value is -3.93. The van der Waals surface area contributed by atoms with Crippen molar-refractivity contribution in [3.63, 3.8) is 0 Å². The van der Waals surface area contributed by atoms with E-state index in [4.69, 9.17) is 0 Å². The minimum Gasteiger partial charge on any atom is -0.378 e. The molecule has 2 aliphatic heterocycles. The van der Waals surface area contributed by atoms with Crippen LogP contribution in [0.4, 0.5) is 15.8 Å². The molecule has 6 heteroatoms. The summed E-state index contributed by atoms with van der Waals surface area (Å²) in [4.78, 5) is 32.5. The maximum atomic E-state index is 13.7. The van der Waals surface area contributed by atoms with Crippen molar-refractivity contribution in [1.29, 1.82) is 0 Å². The van der Waals surface area contributed by atoms with Gasteiger partial charge in [0.1, 0.15) is 11.5 Å². The standard InChI is InChI=1S/C27H24FN3O2/c1-29(2)22-11-13-23(14-12-22)31-26(32)24(19-7-9-21(28)10-8-19)25(27(31)33)30-16-15-18-5-3-4-6-20(18)17-30/h3-14H,15-17H2,1-2H3. The number of amides is 2. The molecule has 0 radical (unpaired) electrons. The van der Waals surface area contributed by atoms with Crippen LogP contribution in [0.1, 0.15) is 16.7 Å². The van der Waals surface area contributed by atoms with Gasteiger partial charge in [-0.2, -0.15) is 0 Å². The fourth-order valence-corrected chi connectivity index (χ4v) is 4.51. The van der Waals surface area contributed by atoms with Crippen molar-refractivity contribution in [2.75, 3.05) is 30.4 Å². The summed E-state index contributed by atoms with van der Waals surface area (Å²) in [5.74, 6) is -1.13. The van der Waals surface area contributed by atoms with Gasteiger partial charge in [-0.25, -0.2) is 9.29 Å². The van der Waals surface area contributed by atoms with Crippen LogP contribution in [-0.4, -0.2) is 37.4 Å². The van der Waals surface area contributed by atoms with Crippen molar-refractivity contribution in [2.24, 2.45) is 0 Å². The van der Waals surface area contributed by atoms with Crippen molar-refractivity contribution in [1.82, 2.24) is 4.90 Å². The van der Waals surface area contributed by atoms with E-state index in [0.717, 1.165) is 17.7 Å². The topological polar surface area (TPSA) is 43.9 Å². The summed E-state index contributed by atoms with van der Waals surface area (Å²) in [7, 11) is 3.86. The Labute approximate surface area is 192 Å². The van der Waals surface area contributed by atoms with Crippen LogP contribution >= 0.6 is 0 Å². The summed E-state index contributed by atoms with van der Waals surface area (Å²) >= 11 is 0. The lowest BCUT2D eigenvalue weighted by molar-refractivity contribution is -0.120. The second kappa shape index (κ2) is 8.20. The third-order valence-corrected chi connectivity index (χ3v) is 6.26. The molecule has 0 saturated carbocycles. The van der Waals surface area contributed by atoms with E-state index in [0.29, 0.717) is 35.6 Å². The highest BCUT2D eigenvalue weighted by Crippen LogP contribution is 2.37. The first kappa shape index (κ1) is 20.9. The van der Waals surface area contributed by atoms with Crippen LogP contribution in [-0.2, 0) is 22.6 Å². The van der Waals surface area contributed by atoms with E-state index in [9.17, 15) is 14.0 Å². The molecule has 0 aromatic heterocycles. The van der Waals surface area contributed by atoms with E-state index < -0.39 is 5.91 Å². The van der Waals surface area contributed by atoms with E-state index >= 15 is 0 Å². The Morgan fingerprint density at radius 3 is 2.15 bits per heavy atom. The Balaban J connectivity index is 1.58. The summed E-state index contributed by atoms with van der Waals surface area (Å²) in [6, 6.07) is 21.2. The predicted molar refractivity (Wildman–Crippen MR) is 127 cm³/mol. The van der Waals surface area contributed by atoms with Gasteiger partial charge in [-0.3, -0.25) is 9.59 Å². The largest absolute Gasteiger partial charge is 0.378 e. The highest BCUT2D eigenvalue weighted by molar-refractivity contribution is 6.45. The summed E-state index contributed by atoms with van der Waals surface area (Å²) in [5, 5.41) is 0. The summed E-state index contributed by atoms with van der Waals surface area (Å²) < 4.78 is 13.6.